The summed E-state index contributed by atoms with van der Waals surface area (Å²) in [6, 6.07) is 3.69. The van der Waals surface area contributed by atoms with Crippen LogP contribution < -0.4 is 4.74 Å². The van der Waals surface area contributed by atoms with E-state index in [-0.39, 0.29) is 23.7 Å². The molecule has 2 aromatic rings. The SMILES string of the molecule is Cc1ncccc1Oc1nccnc1C1CCN(C(=O)C2CC(=O)N(C)C2)CC1. The van der Waals surface area contributed by atoms with Crippen molar-refractivity contribution in [1.82, 2.24) is 24.8 Å². The highest BCUT2D eigenvalue weighted by Crippen LogP contribution is 2.34. The fraction of sp³-hybridized carbons (Fsp3) is 0.476. The van der Waals surface area contributed by atoms with Gasteiger partial charge >= 0.3 is 0 Å². The third-order valence-corrected chi connectivity index (χ3v) is 5.74. The second-order valence-electron chi connectivity index (χ2n) is 7.71. The van der Waals surface area contributed by atoms with E-state index in [0.717, 1.165) is 24.2 Å². The minimum Gasteiger partial charge on any atom is -0.435 e. The number of piperidine rings is 1. The van der Waals surface area contributed by atoms with Gasteiger partial charge in [0.1, 0.15) is 5.69 Å². The molecule has 2 fully saturated rings. The summed E-state index contributed by atoms with van der Waals surface area (Å²) in [5, 5.41) is 0. The highest BCUT2D eigenvalue weighted by molar-refractivity contribution is 5.89. The number of carbonyl (C=O) groups is 2. The Morgan fingerprint density at radius 3 is 2.59 bits per heavy atom. The van der Waals surface area contributed by atoms with Gasteiger partial charge in [-0.15, -0.1) is 0 Å². The van der Waals surface area contributed by atoms with Crippen molar-refractivity contribution < 1.29 is 14.3 Å². The van der Waals surface area contributed by atoms with E-state index in [2.05, 4.69) is 15.0 Å². The van der Waals surface area contributed by atoms with Crippen molar-refractivity contribution in [2.75, 3.05) is 26.7 Å². The summed E-state index contributed by atoms with van der Waals surface area (Å²) in [5.41, 5.74) is 1.61. The number of aryl methyl sites for hydroxylation is 1. The first-order valence-electron chi connectivity index (χ1n) is 9.96. The zero-order valence-electron chi connectivity index (χ0n) is 16.7. The summed E-state index contributed by atoms with van der Waals surface area (Å²) in [5.74, 6) is 1.25. The quantitative estimate of drug-likeness (QED) is 0.788. The topological polar surface area (TPSA) is 88.5 Å². The Bertz CT molecular complexity index is 911. The molecule has 8 nitrogen and oxygen atoms in total. The molecule has 1 unspecified atom stereocenters. The minimum absolute atomic E-state index is 0.0466. The van der Waals surface area contributed by atoms with Gasteiger partial charge in [0.2, 0.25) is 17.7 Å². The Morgan fingerprint density at radius 1 is 1.14 bits per heavy atom. The lowest BCUT2D eigenvalue weighted by atomic mass is 9.92. The maximum absolute atomic E-state index is 12.8. The van der Waals surface area contributed by atoms with Gasteiger partial charge in [-0.25, -0.2) is 4.98 Å². The number of likely N-dealkylation sites (tertiary alicyclic amines) is 2. The molecule has 2 saturated heterocycles. The summed E-state index contributed by atoms with van der Waals surface area (Å²) < 4.78 is 6.01. The number of hydrogen-bond donors (Lipinski definition) is 0. The molecule has 0 N–H and O–H groups in total. The lowest BCUT2D eigenvalue weighted by Gasteiger charge is -2.33. The Labute approximate surface area is 169 Å². The van der Waals surface area contributed by atoms with Crippen molar-refractivity contribution in [2.45, 2.75) is 32.1 Å². The molecule has 2 aromatic heterocycles. The normalized spacial score (nSPS) is 20.2. The van der Waals surface area contributed by atoms with Crippen LogP contribution in [0, 0.1) is 12.8 Å². The van der Waals surface area contributed by atoms with Crippen molar-refractivity contribution >= 4 is 11.8 Å². The van der Waals surface area contributed by atoms with Gasteiger partial charge in [0.25, 0.3) is 0 Å². The summed E-state index contributed by atoms with van der Waals surface area (Å²) in [6.07, 6.45) is 6.93. The zero-order valence-corrected chi connectivity index (χ0v) is 16.7. The maximum atomic E-state index is 12.8. The number of pyridine rings is 1. The van der Waals surface area contributed by atoms with Crippen LogP contribution in [0.25, 0.3) is 0 Å². The maximum Gasteiger partial charge on any atom is 0.241 e. The van der Waals surface area contributed by atoms with Gasteiger partial charge in [-0.2, -0.15) is 0 Å². The molecule has 152 valence electrons. The van der Waals surface area contributed by atoms with E-state index in [0.29, 0.717) is 37.7 Å². The molecule has 0 aromatic carbocycles. The van der Waals surface area contributed by atoms with Crippen LogP contribution in [0.4, 0.5) is 0 Å². The molecular formula is C21H25N5O3. The number of hydrogen-bond acceptors (Lipinski definition) is 6. The molecular weight excluding hydrogens is 370 g/mol. The van der Waals surface area contributed by atoms with E-state index in [1.807, 2.05) is 24.0 Å². The minimum atomic E-state index is -0.215. The molecule has 2 amide bonds. The van der Waals surface area contributed by atoms with Gasteiger partial charge in [-0.1, -0.05) is 0 Å². The first-order chi connectivity index (χ1) is 14.0. The van der Waals surface area contributed by atoms with Crippen LogP contribution in [0.3, 0.4) is 0 Å². The van der Waals surface area contributed by atoms with Crippen LogP contribution >= 0.6 is 0 Å². The lowest BCUT2D eigenvalue weighted by Crippen LogP contribution is -2.42. The van der Waals surface area contributed by atoms with E-state index >= 15 is 0 Å². The van der Waals surface area contributed by atoms with E-state index in [4.69, 9.17) is 4.74 Å². The average molecular weight is 395 g/mol. The fourth-order valence-corrected chi connectivity index (χ4v) is 4.04. The fourth-order valence-electron chi connectivity index (χ4n) is 4.04. The highest BCUT2D eigenvalue weighted by Gasteiger charge is 2.36. The molecule has 0 radical (unpaired) electrons. The van der Waals surface area contributed by atoms with Crippen LogP contribution in [-0.2, 0) is 9.59 Å². The average Bonchev–Trinajstić information content (AvgIpc) is 3.08. The first kappa shape index (κ1) is 19.3. The first-order valence-corrected chi connectivity index (χ1v) is 9.96. The van der Waals surface area contributed by atoms with Gasteiger partial charge in [0.05, 0.1) is 11.6 Å². The summed E-state index contributed by atoms with van der Waals surface area (Å²) >= 11 is 0. The largest absolute Gasteiger partial charge is 0.435 e. The predicted molar refractivity (Wildman–Crippen MR) is 105 cm³/mol. The Balaban J connectivity index is 1.42. The second-order valence-corrected chi connectivity index (χ2v) is 7.71. The number of rotatable bonds is 4. The highest BCUT2D eigenvalue weighted by atomic mass is 16.5. The van der Waals surface area contributed by atoms with Gasteiger partial charge in [0.15, 0.2) is 5.75 Å². The van der Waals surface area contributed by atoms with Crippen LogP contribution in [0.15, 0.2) is 30.7 Å². The van der Waals surface area contributed by atoms with E-state index < -0.39 is 0 Å². The third-order valence-electron chi connectivity index (χ3n) is 5.74. The monoisotopic (exact) mass is 395 g/mol. The molecule has 8 heteroatoms. The van der Waals surface area contributed by atoms with Gasteiger partial charge in [0, 0.05) is 57.6 Å². The Hall–Kier alpha value is -3.03. The van der Waals surface area contributed by atoms with E-state index in [1.54, 1.807) is 30.5 Å². The molecule has 0 saturated carbocycles. The lowest BCUT2D eigenvalue weighted by molar-refractivity contribution is -0.136. The summed E-state index contributed by atoms with van der Waals surface area (Å²) in [4.78, 5) is 41.2. The van der Waals surface area contributed by atoms with Crippen LogP contribution in [0.5, 0.6) is 11.6 Å². The molecule has 0 bridgehead atoms. The van der Waals surface area contributed by atoms with Gasteiger partial charge in [-0.05, 0) is 31.9 Å². The molecule has 29 heavy (non-hydrogen) atoms. The Kier molecular flexibility index (Phi) is 5.42. The van der Waals surface area contributed by atoms with Crippen LogP contribution in [-0.4, -0.2) is 63.2 Å². The molecule has 0 spiro atoms. The van der Waals surface area contributed by atoms with Crippen molar-refractivity contribution in [3.8, 4) is 11.6 Å². The van der Waals surface area contributed by atoms with Gasteiger partial charge in [-0.3, -0.25) is 19.6 Å². The molecule has 0 aliphatic carbocycles. The van der Waals surface area contributed by atoms with Crippen molar-refractivity contribution in [3.05, 3.63) is 42.1 Å². The Morgan fingerprint density at radius 2 is 1.90 bits per heavy atom. The van der Waals surface area contributed by atoms with E-state index in [1.165, 1.54) is 0 Å². The number of ether oxygens (including phenoxy) is 1. The van der Waals surface area contributed by atoms with E-state index in [9.17, 15) is 9.59 Å². The molecule has 2 aliphatic heterocycles. The smallest absolute Gasteiger partial charge is 0.241 e. The second kappa shape index (κ2) is 8.14. The van der Waals surface area contributed by atoms with Crippen molar-refractivity contribution in [2.24, 2.45) is 5.92 Å². The zero-order chi connectivity index (χ0) is 20.4. The molecule has 2 aliphatic rings. The molecule has 1 atom stereocenters. The van der Waals surface area contributed by atoms with Crippen LogP contribution in [0.1, 0.15) is 36.6 Å². The molecule has 4 rings (SSSR count). The summed E-state index contributed by atoms with van der Waals surface area (Å²) in [7, 11) is 1.75. The number of nitrogens with zero attached hydrogens (tertiary/aromatic N) is 5. The number of aromatic nitrogens is 3. The predicted octanol–water partition coefficient (Wildman–Crippen LogP) is 2.16. The van der Waals surface area contributed by atoms with Crippen molar-refractivity contribution in [3.63, 3.8) is 0 Å². The number of amides is 2. The number of carbonyl (C=O) groups excluding carboxylic acids is 2. The van der Waals surface area contributed by atoms with Crippen LogP contribution in [0.2, 0.25) is 0 Å². The van der Waals surface area contributed by atoms with Gasteiger partial charge < -0.3 is 14.5 Å². The van der Waals surface area contributed by atoms with Crippen molar-refractivity contribution in [1.29, 1.82) is 0 Å². The molecule has 4 heterocycles. The summed E-state index contributed by atoms with van der Waals surface area (Å²) in [6.45, 7) is 3.71. The standard InChI is InChI=1S/C21H25N5O3/c1-14-17(4-3-7-22-14)29-20-19(23-8-9-24-20)15-5-10-26(11-6-15)21(28)16-12-18(27)25(2)13-16/h3-4,7-9,15-16H,5-6,10-13H2,1-2H3. The third kappa shape index (κ3) is 4.06.